The second-order valence-electron chi connectivity index (χ2n) is 3.38. The molecule has 0 aliphatic rings. The fraction of sp³-hybridized carbons (Fsp3) is 1.00. The summed E-state index contributed by atoms with van der Waals surface area (Å²) in [5.74, 6) is 0. The van der Waals surface area contributed by atoms with Crippen LogP contribution in [-0.4, -0.2) is 23.8 Å². The van der Waals surface area contributed by atoms with Crippen LogP contribution in [0.3, 0.4) is 0 Å². The highest BCUT2D eigenvalue weighted by Gasteiger charge is 2.13. The average Bonchev–Trinajstić information content (AvgIpc) is 1.88. The Hall–Kier alpha value is -0.120. The standard InChI is InChI=1S/C8H19NO2.CH4/c1-6-9(7-2)11-10-8(3,4)5;/h6-7H2,1-5H3;1H4. The third kappa shape index (κ3) is 7.98. The maximum Gasteiger partial charge on any atom is 0.0972 e. The number of nitrogens with zero attached hydrogens (tertiary/aromatic N) is 1. The van der Waals surface area contributed by atoms with Crippen LogP contribution in [0.2, 0.25) is 0 Å². The van der Waals surface area contributed by atoms with Gasteiger partial charge in [0.05, 0.1) is 5.60 Å². The van der Waals surface area contributed by atoms with Crippen LogP contribution < -0.4 is 0 Å². The first-order chi connectivity index (χ1) is 4.99. The van der Waals surface area contributed by atoms with Crippen LogP contribution in [0, 0.1) is 0 Å². The Bertz CT molecular complexity index is 95.2. The van der Waals surface area contributed by atoms with Gasteiger partial charge in [-0.1, -0.05) is 7.43 Å². The Morgan fingerprint density at radius 3 is 1.75 bits per heavy atom. The molecule has 0 heterocycles. The van der Waals surface area contributed by atoms with Crippen molar-refractivity contribution in [1.82, 2.24) is 5.06 Å². The fourth-order valence-electron chi connectivity index (χ4n) is 0.494. The molecule has 0 aliphatic carbocycles. The first kappa shape index (κ1) is 14.4. The summed E-state index contributed by atoms with van der Waals surface area (Å²) in [7, 11) is 0. The van der Waals surface area contributed by atoms with Gasteiger partial charge in [-0.25, -0.2) is 4.89 Å². The van der Waals surface area contributed by atoms with Gasteiger partial charge < -0.3 is 0 Å². The summed E-state index contributed by atoms with van der Waals surface area (Å²) < 4.78 is 0. The lowest BCUT2D eigenvalue weighted by atomic mass is 10.2. The molecule has 0 saturated heterocycles. The van der Waals surface area contributed by atoms with Crippen LogP contribution >= 0.6 is 0 Å². The highest BCUT2D eigenvalue weighted by Crippen LogP contribution is 2.08. The molecule has 0 spiro atoms. The van der Waals surface area contributed by atoms with Crippen molar-refractivity contribution in [1.29, 1.82) is 0 Å². The van der Waals surface area contributed by atoms with Gasteiger partial charge in [0, 0.05) is 13.1 Å². The van der Waals surface area contributed by atoms with Crippen molar-refractivity contribution in [3.05, 3.63) is 0 Å². The van der Waals surface area contributed by atoms with Crippen LogP contribution in [0.4, 0.5) is 0 Å². The Morgan fingerprint density at radius 1 is 1.08 bits per heavy atom. The smallest absolute Gasteiger partial charge is 0.0972 e. The van der Waals surface area contributed by atoms with E-state index < -0.39 is 0 Å². The van der Waals surface area contributed by atoms with Crippen molar-refractivity contribution < 1.29 is 9.88 Å². The van der Waals surface area contributed by atoms with Gasteiger partial charge in [0.1, 0.15) is 0 Å². The van der Waals surface area contributed by atoms with Crippen molar-refractivity contribution in [2.45, 2.75) is 47.6 Å². The van der Waals surface area contributed by atoms with E-state index in [4.69, 9.17) is 9.88 Å². The average molecular weight is 177 g/mol. The molecular weight excluding hydrogens is 154 g/mol. The van der Waals surface area contributed by atoms with Gasteiger partial charge in [0.2, 0.25) is 0 Å². The molecule has 0 saturated carbocycles. The third-order valence-electron chi connectivity index (χ3n) is 1.10. The highest BCUT2D eigenvalue weighted by atomic mass is 17.3. The van der Waals surface area contributed by atoms with Crippen LogP contribution in [0.25, 0.3) is 0 Å². The van der Waals surface area contributed by atoms with Gasteiger partial charge in [-0.3, -0.25) is 0 Å². The molecule has 0 aromatic rings. The van der Waals surface area contributed by atoms with Crippen molar-refractivity contribution in [3.63, 3.8) is 0 Å². The van der Waals surface area contributed by atoms with Crippen molar-refractivity contribution in [2.75, 3.05) is 13.1 Å². The zero-order chi connectivity index (χ0) is 8.91. The molecular formula is C9H23NO2. The summed E-state index contributed by atoms with van der Waals surface area (Å²) in [4.78, 5) is 10.1. The van der Waals surface area contributed by atoms with E-state index in [9.17, 15) is 0 Å². The molecule has 0 rings (SSSR count). The summed E-state index contributed by atoms with van der Waals surface area (Å²) in [5.41, 5.74) is -0.234. The molecule has 0 aromatic carbocycles. The third-order valence-corrected chi connectivity index (χ3v) is 1.10. The molecule has 0 amide bonds. The predicted octanol–water partition coefficient (Wildman–Crippen LogP) is 2.63. The number of hydrogen-bond acceptors (Lipinski definition) is 3. The van der Waals surface area contributed by atoms with Crippen molar-refractivity contribution >= 4 is 0 Å². The van der Waals surface area contributed by atoms with Gasteiger partial charge in [0.25, 0.3) is 0 Å². The molecule has 0 bridgehead atoms. The first-order valence-electron chi connectivity index (χ1n) is 4.10. The topological polar surface area (TPSA) is 21.7 Å². The summed E-state index contributed by atoms with van der Waals surface area (Å²) in [5, 5.41) is 1.76. The maximum absolute atomic E-state index is 5.10. The van der Waals surface area contributed by atoms with Crippen molar-refractivity contribution in [3.8, 4) is 0 Å². The minimum atomic E-state index is -0.234. The normalized spacial score (nSPS) is 11.5. The largest absolute Gasteiger partial charge is 0.212 e. The molecule has 3 nitrogen and oxygen atoms in total. The lowest BCUT2D eigenvalue weighted by Crippen LogP contribution is -2.29. The molecule has 12 heavy (non-hydrogen) atoms. The molecule has 0 N–H and O–H groups in total. The van der Waals surface area contributed by atoms with Crippen LogP contribution in [0.15, 0.2) is 0 Å². The molecule has 0 aromatic heterocycles. The van der Waals surface area contributed by atoms with E-state index in [2.05, 4.69) is 0 Å². The minimum Gasteiger partial charge on any atom is -0.212 e. The number of rotatable bonds is 4. The SMILES string of the molecule is C.CCN(CC)OOC(C)(C)C. The van der Waals surface area contributed by atoms with Crippen LogP contribution in [0.1, 0.15) is 42.0 Å². The number of hydrogen-bond donors (Lipinski definition) is 0. The highest BCUT2D eigenvalue weighted by molar-refractivity contribution is 4.54. The van der Waals surface area contributed by atoms with Gasteiger partial charge in [0.15, 0.2) is 0 Å². The zero-order valence-electron chi connectivity index (χ0n) is 8.18. The van der Waals surface area contributed by atoms with E-state index in [1.165, 1.54) is 0 Å². The molecule has 0 unspecified atom stereocenters. The summed E-state index contributed by atoms with van der Waals surface area (Å²) in [6.45, 7) is 11.6. The Kier molecular flexibility index (Phi) is 7.69. The fourth-order valence-corrected chi connectivity index (χ4v) is 0.494. The molecule has 0 radical (unpaired) electrons. The molecule has 0 fully saturated rings. The molecule has 3 heteroatoms. The molecule has 76 valence electrons. The Morgan fingerprint density at radius 2 is 1.50 bits per heavy atom. The van der Waals surface area contributed by atoms with E-state index in [1.54, 1.807) is 5.06 Å². The quantitative estimate of drug-likeness (QED) is 0.486. The lowest BCUT2D eigenvalue weighted by molar-refractivity contribution is -0.459. The lowest BCUT2D eigenvalue weighted by Gasteiger charge is -2.22. The van der Waals surface area contributed by atoms with E-state index in [-0.39, 0.29) is 13.0 Å². The van der Waals surface area contributed by atoms with E-state index in [0.29, 0.717) is 0 Å². The van der Waals surface area contributed by atoms with Gasteiger partial charge in [-0.05, 0) is 34.6 Å². The Labute approximate surface area is 76.5 Å². The van der Waals surface area contributed by atoms with E-state index in [1.807, 2.05) is 34.6 Å². The summed E-state index contributed by atoms with van der Waals surface area (Å²) in [6.07, 6.45) is 0. The molecule has 0 atom stereocenters. The maximum atomic E-state index is 5.10. The summed E-state index contributed by atoms with van der Waals surface area (Å²) >= 11 is 0. The second kappa shape index (κ2) is 6.40. The zero-order valence-corrected chi connectivity index (χ0v) is 8.18. The van der Waals surface area contributed by atoms with Gasteiger partial charge >= 0.3 is 0 Å². The van der Waals surface area contributed by atoms with Gasteiger partial charge in [-0.15, -0.1) is 4.99 Å². The minimum absolute atomic E-state index is 0. The monoisotopic (exact) mass is 177 g/mol. The predicted molar refractivity (Wildman–Crippen MR) is 51.6 cm³/mol. The van der Waals surface area contributed by atoms with Crippen LogP contribution in [0.5, 0.6) is 0 Å². The number of hydroxylamine groups is 2. The van der Waals surface area contributed by atoms with E-state index >= 15 is 0 Å². The van der Waals surface area contributed by atoms with Crippen LogP contribution in [-0.2, 0) is 9.88 Å². The van der Waals surface area contributed by atoms with E-state index in [0.717, 1.165) is 13.1 Å². The first-order valence-corrected chi connectivity index (χ1v) is 4.10. The second-order valence-corrected chi connectivity index (χ2v) is 3.38. The summed E-state index contributed by atoms with van der Waals surface area (Å²) in [6, 6.07) is 0. The van der Waals surface area contributed by atoms with Crippen molar-refractivity contribution in [2.24, 2.45) is 0 Å². The Balaban J connectivity index is 0. The molecule has 0 aliphatic heterocycles. The van der Waals surface area contributed by atoms with Gasteiger partial charge in [-0.2, -0.15) is 5.06 Å².